The zero-order valence-corrected chi connectivity index (χ0v) is 11.7. The van der Waals surface area contributed by atoms with E-state index < -0.39 is 0 Å². The third kappa shape index (κ3) is 2.01. The molecule has 0 fully saturated rings. The fourth-order valence-corrected chi connectivity index (χ4v) is 2.11. The maximum Gasteiger partial charge on any atom is 0.188 e. The summed E-state index contributed by atoms with van der Waals surface area (Å²) in [5.41, 5.74) is 3.61. The maximum absolute atomic E-state index is 12.1. The lowest BCUT2D eigenvalue weighted by molar-refractivity contribution is 0.509. The molecule has 0 saturated heterocycles. The molecule has 0 atom stereocenters. The van der Waals surface area contributed by atoms with Gasteiger partial charge in [-0.05, 0) is 39.3 Å². The van der Waals surface area contributed by atoms with Gasteiger partial charge in [0.1, 0.15) is 11.0 Å². The van der Waals surface area contributed by atoms with Crippen LogP contribution in [-0.4, -0.2) is 4.98 Å². The van der Waals surface area contributed by atoms with E-state index in [1.54, 1.807) is 19.1 Å². The van der Waals surface area contributed by atoms with Gasteiger partial charge in [-0.3, -0.25) is 4.79 Å². The van der Waals surface area contributed by atoms with Crippen molar-refractivity contribution in [2.24, 2.45) is 0 Å². The summed E-state index contributed by atoms with van der Waals surface area (Å²) in [6.45, 7) is 11.1. The summed E-state index contributed by atoms with van der Waals surface area (Å²) in [5, 5.41) is 0.757. The Kier molecular flexibility index (Phi) is 3.38. The topological polar surface area (TPSA) is 43.1 Å². The summed E-state index contributed by atoms with van der Waals surface area (Å²) >= 11 is 0. The van der Waals surface area contributed by atoms with Crippen LogP contribution >= 0.6 is 0 Å². The van der Waals surface area contributed by atoms with Crippen molar-refractivity contribution >= 4 is 12.2 Å². The minimum atomic E-state index is 0.0216. The van der Waals surface area contributed by atoms with Gasteiger partial charge in [-0.2, -0.15) is 0 Å². The van der Waals surface area contributed by atoms with E-state index in [0.29, 0.717) is 16.7 Å². The highest BCUT2D eigenvalue weighted by Gasteiger charge is 2.18. The first-order valence-electron chi connectivity index (χ1n) is 6.21. The highest BCUT2D eigenvalue weighted by Crippen LogP contribution is 2.23. The summed E-state index contributed by atoms with van der Waals surface area (Å²) in [7, 11) is 0. The highest BCUT2D eigenvalue weighted by atomic mass is 16.3. The fourth-order valence-electron chi connectivity index (χ4n) is 2.11. The van der Waals surface area contributed by atoms with Crippen LogP contribution in [0.5, 0.6) is 0 Å². The third-order valence-corrected chi connectivity index (χ3v) is 3.39. The van der Waals surface area contributed by atoms with E-state index in [4.69, 9.17) is 4.42 Å². The van der Waals surface area contributed by atoms with Crippen LogP contribution in [0.3, 0.4) is 0 Å². The second-order valence-corrected chi connectivity index (χ2v) is 4.54. The van der Waals surface area contributed by atoms with E-state index in [2.05, 4.69) is 11.6 Å². The number of nitrogens with zero attached hydrogens (tertiary/aromatic N) is 1. The molecular weight excluding hydrogens is 238 g/mol. The van der Waals surface area contributed by atoms with Crippen LogP contribution in [0, 0.1) is 20.8 Å². The number of hydrogen-bond donors (Lipinski definition) is 0. The Hall–Kier alpha value is -2.16. The minimum absolute atomic E-state index is 0.0216. The number of allylic oxidation sites excluding steroid dienone is 1. The molecule has 1 aliphatic heterocycles. The van der Waals surface area contributed by atoms with Crippen molar-refractivity contribution in [2.45, 2.75) is 27.7 Å². The van der Waals surface area contributed by atoms with Crippen LogP contribution in [-0.2, 0) is 0 Å². The van der Waals surface area contributed by atoms with Gasteiger partial charge in [-0.25, -0.2) is 4.98 Å². The van der Waals surface area contributed by atoms with Gasteiger partial charge < -0.3 is 4.42 Å². The summed E-state index contributed by atoms with van der Waals surface area (Å²) in [6.07, 6.45) is 5.28. The zero-order chi connectivity index (χ0) is 14.2. The van der Waals surface area contributed by atoms with E-state index in [1.165, 1.54) is 0 Å². The second-order valence-electron chi connectivity index (χ2n) is 4.54. The fraction of sp³-hybridized carbons (Fsp3) is 0.250. The molecule has 2 rings (SSSR count). The van der Waals surface area contributed by atoms with Crippen molar-refractivity contribution in [1.29, 1.82) is 0 Å². The Labute approximate surface area is 112 Å². The smallest absolute Gasteiger partial charge is 0.188 e. The van der Waals surface area contributed by atoms with E-state index in [1.807, 2.05) is 26.8 Å². The molecule has 0 aromatic heterocycles. The van der Waals surface area contributed by atoms with Gasteiger partial charge in [0.05, 0.1) is 0 Å². The Bertz CT molecular complexity index is 797. The Morgan fingerprint density at radius 2 is 1.84 bits per heavy atom. The average Bonchev–Trinajstić information content (AvgIpc) is 2.42. The summed E-state index contributed by atoms with van der Waals surface area (Å²) in [5.74, 6) is 0.562. The normalized spacial score (nSPS) is 13.3. The van der Waals surface area contributed by atoms with E-state index in [0.717, 1.165) is 22.2 Å². The molecule has 0 saturated carbocycles. The molecule has 1 aliphatic carbocycles. The van der Waals surface area contributed by atoms with E-state index in [9.17, 15) is 4.79 Å². The number of rotatable bonds is 1. The van der Waals surface area contributed by atoms with Crippen molar-refractivity contribution in [1.82, 2.24) is 4.98 Å². The van der Waals surface area contributed by atoms with Gasteiger partial charge in [0.25, 0.3) is 0 Å². The Morgan fingerprint density at radius 1 is 1.16 bits per heavy atom. The van der Waals surface area contributed by atoms with Gasteiger partial charge in [0, 0.05) is 11.1 Å². The van der Waals surface area contributed by atoms with E-state index >= 15 is 0 Å². The standard InChI is InChI=1S/C16H17NO2/c1-6-8-13-12(7-2)17-14-9(3)10(4)15(18)11(5)16(14)19-13/h6-8H,1H2,2-5H3/b12-7+,13-8+. The lowest BCUT2D eigenvalue weighted by Crippen LogP contribution is -2.30. The summed E-state index contributed by atoms with van der Waals surface area (Å²) < 4.78 is 5.85. The maximum atomic E-state index is 12.1. The van der Waals surface area contributed by atoms with Crippen LogP contribution < -0.4 is 16.2 Å². The number of hydrogen-bond acceptors (Lipinski definition) is 3. The molecular formula is C16H17NO2. The molecule has 3 nitrogen and oxygen atoms in total. The van der Waals surface area contributed by atoms with Crippen molar-refractivity contribution in [3.05, 3.63) is 50.3 Å². The van der Waals surface area contributed by atoms with Crippen molar-refractivity contribution in [2.75, 3.05) is 0 Å². The second kappa shape index (κ2) is 4.84. The first-order valence-corrected chi connectivity index (χ1v) is 6.21. The SMILES string of the molecule is C=C/C=c1/oc2c(C)c(=O)c(C)c(C)c-2n/c1=C/C. The monoisotopic (exact) mass is 255 g/mol. The molecule has 0 spiro atoms. The van der Waals surface area contributed by atoms with Crippen molar-refractivity contribution in [3.63, 3.8) is 0 Å². The molecule has 19 heavy (non-hydrogen) atoms. The summed E-state index contributed by atoms with van der Waals surface area (Å²) in [4.78, 5) is 16.7. The van der Waals surface area contributed by atoms with Crippen LogP contribution in [0.25, 0.3) is 23.6 Å². The lowest BCUT2D eigenvalue weighted by Gasteiger charge is -2.12. The minimum Gasteiger partial charge on any atom is -0.452 e. The van der Waals surface area contributed by atoms with Gasteiger partial charge in [0.15, 0.2) is 16.6 Å². The number of benzene rings is 1. The Balaban J connectivity index is 3.12. The van der Waals surface area contributed by atoms with Gasteiger partial charge in [0.2, 0.25) is 0 Å². The Morgan fingerprint density at radius 3 is 2.42 bits per heavy atom. The van der Waals surface area contributed by atoms with Gasteiger partial charge in [-0.1, -0.05) is 18.7 Å². The third-order valence-electron chi connectivity index (χ3n) is 3.39. The quantitative estimate of drug-likeness (QED) is 0.781. The van der Waals surface area contributed by atoms with Gasteiger partial charge >= 0.3 is 0 Å². The molecule has 0 amide bonds. The molecule has 98 valence electrons. The summed E-state index contributed by atoms with van der Waals surface area (Å²) in [6, 6.07) is 0. The first kappa shape index (κ1) is 13.3. The van der Waals surface area contributed by atoms with Crippen LogP contribution in [0.2, 0.25) is 0 Å². The number of aromatic nitrogens is 1. The molecule has 1 heterocycles. The largest absolute Gasteiger partial charge is 0.452 e. The predicted molar refractivity (Wildman–Crippen MR) is 77.7 cm³/mol. The van der Waals surface area contributed by atoms with Crippen molar-refractivity contribution in [3.8, 4) is 11.5 Å². The molecule has 0 aromatic carbocycles. The average molecular weight is 255 g/mol. The molecule has 0 N–H and O–H groups in total. The first-order chi connectivity index (χ1) is 9.01. The molecule has 0 radical (unpaired) electrons. The lowest BCUT2D eigenvalue weighted by atomic mass is 9.99. The van der Waals surface area contributed by atoms with Crippen LogP contribution in [0.4, 0.5) is 0 Å². The van der Waals surface area contributed by atoms with Crippen LogP contribution in [0.15, 0.2) is 21.9 Å². The predicted octanol–water partition coefficient (Wildman–Crippen LogP) is 1.83. The van der Waals surface area contributed by atoms with Crippen molar-refractivity contribution < 1.29 is 4.42 Å². The van der Waals surface area contributed by atoms with Gasteiger partial charge in [-0.15, -0.1) is 0 Å². The molecule has 0 bridgehead atoms. The molecule has 0 aromatic rings. The number of fused-ring (bicyclic) bond motifs is 1. The highest BCUT2D eigenvalue weighted by molar-refractivity contribution is 5.64. The van der Waals surface area contributed by atoms with E-state index in [-0.39, 0.29) is 5.43 Å². The molecule has 3 heteroatoms. The molecule has 2 aliphatic rings. The van der Waals surface area contributed by atoms with Crippen LogP contribution in [0.1, 0.15) is 23.6 Å². The molecule has 0 unspecified atom stereocenters. The zero-order valence-electron chi connectivity index (χ0n) is 11.7.